The zero-order chi connectivity index (χ0) is 20.3. The molecule has 1 aliphatic rings. The van der Waals surface area contributed by atoms with Gasteiger partial charge in [0.2, 0.25) is 0 Å². The van der Waals surface area contributed by atoms with Crippen LogP contribution < -0.4 is 9.46 Å². The highest BCUT2D eigenvalue weighted by molar-refractivity contribution is 7.92. The minimum absolute atomic E-state index is 0.0887. The van der Waals surface area contributed by atoms with Gasteiger partial charge in [-0.3, -0.25) is 14.5 Å². The lowest BCUT2D eigenvalue weighted by atomic mass is 10.1. The molecule has 3 rings (SSSR count). The molecule has 1 aliphatic heterocycles. The van der Waals surface area contributed by atoms with Crippen molar-refractivity contribution in [3.05, 3.63) is 48.3 Å². The maximum Gasteiger partial charge on any atom is 0.262 e. The summed E-state index contributed by atoms with van der Waals surface area (Å²) in [4.78, 5) is 18.6. The van der Waals surface area contributed by atoms with Crippen molar-refractivity contribution in [2.24, 2.45) is 0 Å². The van der Waals surface area contributed by atoms with Crippen LogP contribution in [0.25, 0.3) is 0 Å². The molecule has 1 saturated heterocycles. The van der Waals surface area contributed by atoms with E-state index in [1.54, 1.807) is 17.0 Å². The third-order valence-corrected chi connectivity index (χ3v) is 5.92. The standard InChI is InChI=1S/C19H23N3O5S/c1-13-12-27-14(2)11-22(13)19(23)17-6-4-5-7-18(17)28(24,25)21-15-8-16(26-3)10-20-9-15/h4-10,13-14,21H,11-12H2,1-3H3. The topological polar surface area (TPSA) is 97.8 Å². The normalized spacial score (nSPS) is 19.9. The van der Waals surface area contributed by atoms with Crippen LogP contribution in [0.4, 0.5) is 5.69 Å². The molecule has 1 N–H and O–H groups in total. The molecular formula is C19H23N3O5S. The largest absolute Gasteiger partial charge is 0.495 e. The summed E-state index contributed by atoms with van der Waals surface area (Å²) >= 11 is 0. The molecule has 0 radical (unpaired) electrons. The molecule has 0 saturated carbocycles. The molecule has 1 fully saturated rings. The number of amides is 1. The highest BCUT2D eigenvalue weighted by atomic mass is 32.2. The molecule has 2 atom stereocenters. The van der Waals surface area contributed by atoms with Gasteiger partial charge in [-0.2, -0.15) is 0 Å². The Balaban J connectivity index is 1.93. The molecule has 28 heavy (non-hydrogen) atoms. The van der Waals surface area contributed by atoms with Gasteiger partial charge in [-0.05, 0) is 26.0 Å². The van der Waals surface area contributed by atoms with Crippen LogP contribution in [-0.4, -0.2) is 56.6 Å². The van der Waals surface area contributed by atoms with Gasteiger partial charge in [-0.15, -0.1) is 0 Å². The van der Waals surface area contributed by atoms with E-state index in [1.807, 2.05) is 13.8 Å². The quantitative estimate of drug-likeness (QED) is 0.818. The van der Waals surface area contributed by atoms with E-state index < -0.39 is 10.0 Å². The Morgan fingerprint density at radius 3 is 2.79 bits per heavy atom. The van der Waals surface area contributed by atoms with Crippen molar-refractivity contribution < 1.29 is 22.7 Å². The summed E-state index contributed by atoms with van der Waals surface area (Å²) in [5.41, 5.74) is 0.363. The van der Waals surface area contributed by atoms with Crippen molar-refractivity contribution in [1.82, 2.24) is 9.88 Å². The van der Waals surface area contributed by atoms with Crippen LogP contribution in [0.1, 0.15) is 24.2 Å². The SMILES string of the molecule is COc1cncc(NS(=O)(=O)c2ccccc2C(=O)N2CC(C)OCC2C)c1. The molecule has 1 aromatic heterocycles. The molecular weight excluding hydrogens is 382 g/mol. The number of rotatable bonds is 5. The van der Waals surface area contributed by atoms with Crippen molar-refractivity contribution in [2.75, 3.05) is 25.0 Å². The van der Waals surface area contributed by atoms with Gasteiger partial charge < -0.3 is 14.4 Å². The Kier molecular flexibility index (Phi) is 5.85. The van der Waals surface area contributed by atoms with E-state index in [0.717, 1.165) is 0 Å². The smallest absolute Gasteiger partial charge is 0.262 e. The van der Waals surface area contributed by atoms with Gasteiger partial charge in [0.05, 0.1) is 49.5 Å². The molecule has 2 heterocycles. The highest BCUT2D eigenvalue weighted by Gasteiger charge is 2.31. The van der Waals surface area contributed by atoms with E-state index in [4.69, 9.17) is 9.47 Å². The van der Waals surface area contributed by atoms with E-state index in [1.165, 1.54) is 37.7 Å². The molecule has 150 valence electrons. The number of nitrogens with one attached hydrogen (secondary N) is 1. The fraction of sp³-hybridized carbons (Fsp3) is 0.368. The minimum Gasteiger partial charge on any atom is -0.495 e. The zero-order valence-electron chi connectivity index (χ0n) is 16.0. The maximum absolute atomic E-state index is 13.1. The summed E-state index contributed by atoms with van der Waals surface area (Å²) in [5.74, 6) is 0.0769. The maximum atomic E-state index is 13.1. The van der Waals surface area contributed by atoms with Crippen LogP contribution in [-0.2, 0) is 14.8 Å². The van der Waals surface area contributed by atoms with Crippen molar-refractivity contribution in [1.29, 1.82) is 0 Å². The zero-order valence-corrected chi connectivity index (χ0v) is 16.8. The Morgan fingerprint density at radius 2 is 2.04 bits per heavy atom. The summed E-state index contributed by atoms with van der Waals surface area (Å²) < 4.78 is 39.1. The number of hydrogen-bond acceptors (Lipinski definition) is 6. The molecule has 2 unspecified atom stereocenters. The molecule has 0 aliphatic carbocycles. The van der Waals surface area contributed by atoms with Crippen molar-refractivity contribution in [2.45, 2.75) is 30.9 Å². The summed E-state index contributed by atoms with van der Waals surface area (Å²) in [7, 11) is -2.54. The van der Waals surface area contributed by atoms with E-state index in [0.29, 0.717) is 18.9 Å². The fourth-order valence-electron chi connectivity index (χ4n) is 3.01. The number of ether oxygens (including phenoxy) is 2. The number of nitrogens with zero attached hydrogens (tertiary/aromatic N) is 2. The monoisotopic (exact) mass is 405 g/mol. The van der Waals surface area contributed by atoms with Gasteiger partial charge in [0, 0.05) is 12.6 Å². The van der Waals surface area contributed by atoms with E-state index in [2.05, 4.69) is 9.71 Å². The third kappa shape index (κ3) is 4.26. The van der Waals surface area contributed by atoms with Crippen LogP contribution >= 0.6 is 0 Å². The van der Waals surface area contributed by atoms with Crippen LogP contribution in [0.15, 0.2) is 47.6 Å². The van der Waals surface area contributed by atoms with Gasteiger partial charge >= 0.3 is 0 Å². The summed E-state index contributed by atoms with van der Waals surface area (Å²) in [6.07, 6.45) is 2.73. The Bertz CT molecular complexity index is 964. The van der Waals surface area contributed by atoms with Crippen LogP contribution in [0, 0.1) is 0 Å². The van der Waals surface area contributed by atoms with Crippen LogP contribution in [0.5, 0.6) is 5.75 Å². The molecule has 9 heteroatoms. The van der Waals surface area contributed by atoms with Crippen molar-refractivity contribution in [3.63, 3.8) is 0 Å². The number of methoxy groups -OCH3 is 1. The van der Waals surface area contributed by atoms with Crippen molar-refractivity contribution >= 4 is 21.6 Å². The predicted octanol–water partition coefficient (Wildman–Crippen LogP) is 2.14. The lowest BCUT2D eigenvalue weighted by molar-refractivity contribution is -0.0388. The van der Waals surface area contributed by atoms with Gasteiger partial charge in [-0.25, -0.2) is 8.42 Å². The first-order valence-electron chi connectivity index (χ1n) is 8.85. The number of carbonyl (C=O) groups is 1. The van der Waals surface area contributed by atoms with E-state index in [-0.39, 0.29) is 34.2 Å². The number of carbonyl (C=O) groups excluding carboxylic acids is 1. The number of morpholine rings is 1. The molecule has 1 amide bonds. The first-order chi connectivity index (χ1) is 13.3. The number of aromatic nitrogens is 1. The number of hydrogen-bond donors (Lipinski definition) is 1. The molecule has 0 bridgehead atoms. The molecule has 2 aromatic rings. The first kappa shape index (κ1) is 20.1. The lowest BCUT2D eigenvalue weighted by Gasteiger charge is -2.37. The average Bonchev–Trinajstić information content (AvgIpc) is 2.69. The molecule has 1 aromatic carbocycles. The molecule has 8 nitrogen and oxygen atoms in total. The number of sulfonamides is 1. The predicted molar refractivity (Wildman–Crippen MR) is 104 cm³/mol. The highest BCUT2D eigenvalue weighted by Crippen LogP contribution is 2.24. The Labute approximate surface area is 164 Å². The Hall–Kier alpha value is -2.65. The first-order valence-corrected chi connectivity index (χ1v) is 10.3. The van der Waals surface area contributed by atoms with E-state index >= 15 is 0 Å². The third-order valence-electron chi connectivity index (χ3n) is 4.48. The second-order valence-electron chi connectivity index (χ2n) is 6.67. The van der Waals surface area contributed by atoms with Gasteiger partial charge in [0.25, 0.3) is 15.9 Å². The van der Waals surface area contributed by atoms with Gasteiger partial charge in [-0.1, -0.05) is 12.1 Å². The van der Waals surface area contributed by atoms with Gasteiger partial charge in [0.1, 0.15) is 10.6 Å². The molecule has 0 spiro atoms. The van der Waals surface area contributed by atoms with Crippen LogP contribution in [0.2, 0.25) is 0 Å². The minimum atomic E-state index is -4.01. The second kappa shape index (κ2) is 8.15. The average molecular weight is 405 g/mol. The summed E-state index contributed by atoms with van der Waals surface area (Å²) in [6.45, 7) is 4.57. The number of anilines is 1. The fourth-order valence-corrected chi connectivity index (χ4v) is 4.25. The van der Waals surface area contributed by atoms with Crippen molar-refractivity contribution in [3.8, 4) is 5.75 Å². The summed E-state index contributed by atoms with van der Waals surface area (Å²) in [6, 6.07) is 7.54. The van der Waals surface area contributed by atoms with Crippen LogP contribution in [0.3, 0.4) is 0 Å². The van der Waals surface area contributed by atoms with Gasteiger partial charge in [0.15, 0.2) is 0 Å². The number of benzene rings is 1. The number of pyridine rings is 1. The van der Waals surface area contributed by atoms with E-state index in [9.17, 15) is 13.2 Å². The summed E-state index contributed by atoms with van der Waals surface area (Å²) in [5, 5.41) is 0. The Morgan fingerprint density at radius 1 is 1.29 bits per heavy atom. The second-order valence-corrected chi connectivity index (χ2v) is 8.32. The lowest BCUT2D eigenvalue weighted by Crippen LogP contribution is -2.50.